The zero-order chi connectivity index (χ0) is 21.1. The molecule has 150 valence electrons. The number of rotatable bonds is 7. The van der Waals surface area contributed by atoms with Gasteiger partial charge in [0.05, 0.1) is 11.7 Å². The molecule has 0 aromatic heterocycles. The summed E-state index contributed by atoms with van der Waals surface area (Å²) in [5.74, 6) is -2.91. The molecule has 3 atom stereocenters. The maximum Gasteiger partial charge on any atom is 0.328 e. The van der Waals surface area contributed by atoms with Gasteiger partial charge in [-0.15, -0.1) is 0 Å². The lowest BCUT2D eigenvalue weighted by Gasteiger charge is -2.31. The Kier molecular flexibility index (Phi) is 6.38. The second-order valence-electron chi connectivity index (χ2n) is 7.25. The van der Waals surface area contributed by atoms with Gasteiger partial charge < -0.3 is 14.6 Å². The van der Waals surface area contributed by atoms with Crippen molar-refractivity contribution < 1.29 is 33.8 Å². The number of carboxylic acids is 1. The van der Waals surface area contributed by atoms with E-state index in [2.05, 4.69) is 0 Å². The molecule has 0 aromatic rings. The van der Waals surface area contributed by atoms with Gasteiger partial charge in [0.15, 0.2) is 17.0 Å². The fraction of sp³-hybridized carbons (Fsp3) is 0.429. The van der Waals surface area contributed by atoms with E-state index < -0.39 is 35.0 Å². The Hall–Kier alpha value is -2.96. The molecule has 1 heterocycles. The summed E-state index contributed by atoms with van der Waals surface area (Å²) in [4.78, 5) is 48.8. The number of ether oxygens (including phenoxy) is 2. The number of hydrogen-bond donors (Lipinski definition) is 1. The number of hydrogen-bond acceptors (Lipinski definition) is 6. The molecule has 1 aliphatic heterocycles. The number of ketones is 2. The number of esters is 1. The van der Waals surface area contributed by atoms with Gasteiger partial charge in [0.1, 0.15) is 12.0 Å². The maximum atomic E-state index is 12.9. The van der Waals surface area contributed by atoms with Crippen molar-refractivity contribution in [2.24, 2.45) is 11.3 Å². The molecular weight excluding hydrogens is 364 g/mol. The smallest absolute Gasteiger partial charge is 0.328 e. The van der Waals surface area contributed by atoms with Gasteiger partial charge in [-0.3, -0.25) is 14.4 Å². The lowest BCUT2D eigenvalue weighted by Crippen LogP contribution is -2.48. The minimum absolute atomic E-state index is 0.0705. The largest absolute Gasteiger partial charge is 0.478 e. The van der Waals surface area contributed by atoms with E-state index in [1.807, 2.05) is 13.8 Å². The van der Waals surface area contributed by atoms with Crippen LogP contribution in [-0.2, 0) is 28.7 Å². The van der Waals surface area contributed by atoms with E-state index in [1.54, 1.807) is 6.92 Å². The van der Waals surface area contributed by atoms with E-state index in [0.717, 1.165) is 18.8 Å². The van der Waals surface area contributed by atoms with Crippen molar-refractivity contribution in [3.63, 3.8) is 0 Å². The number of fused-ring (bicyclic) bond motifs is 1. The molecule has 7 heteroatoms. The molecule has 2 aliphatic rings. The van der Waals surface area contributed by atoms with Crippen LogP contribution in [-0.4, -0.2) is 34.7 Å². The average molecular weight is 388 g/mol. The summed E-state index contributed by atoms with van der Waals surface area (Å²) in [6.45, 7) is 7.06. The van der Waals surface area contributed by atoms with Crippen molar-refractivity contribution in [1.29, 1.82) is 0 Å². The predicted molar refractivity (Wildman–Crippen MR) is 99.9 cm³/mol. The van der Waals surface area contributed by atoms with Gasteiger partial charge in [0.2, 0.25) is 0 Å². The van der Waals surface area contributed by atoms with Crippen LogP contribution in [0.2, 0.25) is 0 Å². The van der Waals surface area contributed by atoms with Gasteiger partial charge in [-0.25, -0.2) is 4.79 Å². The Morgan fingerprint density at radius 1 is 1.29 bits per heavy atom. The van der Waals surface area contributed by atoms with E-state index in [4.69, 9.17) is 14.6 Å². The zero-order valence-corrected chi connectivity index (χ0v) is 16.4. The monoisotopic (exact) mass is 388 g/mol. The molecule has 0 spiro atoms. The van der Waals surface area contributed by atoms with Crippen LogP contribution in [0.4, 0.5) is 0 Å². The van der Waals surface area contributed by atoms with Gasteiger partial charge >= 0.3 is 11.9 Å². The fourth-order valence-electron chi connectivity index (χ4n) is 2.95. The van der Waals surface area contributed by atoms with Crippen molar-refractivity contribution in [3.05, 3.63) is 47.5 Å². The van der Waals surface area contributed by atoms with E-state index in [9.17, 15) is 19.2 Å². The van der Waals surface area contributed by atoms with Crippen LogP contribution in [0, 0.1) is 11.3 Å². The minimum Gasteiger partial charge on any atom is -0.478 e. The molecule has 0 saturated carbocycles. The van der Waals surface area contributed by atoms with Crippen molar-refractivity contribution >= 4 is 23.5 Å². The predicted octanol–water partition coefficient (Wildman–Crippen LogP) is 2.88. The quantitative estimate of drug-likeness (QED) is 0.406. The molecule has 2 rings (SSSR count). The molecule has 0 aromatic carbocycles. The van der Waals surface area contributed by atoms with Crippen LogP contribution in [0.25, 0.3) is 0 Å². The summed E-state index contributed by atoms with van der Waals surface area (Å²) in [6, 6.07) is 0. The van der Waals surface area contributed by atoms with E-state index in [1.165, 1.54) is 25.2 Å². The first kappa shape index (κ1) is 21.3. The Morgan fingerprint density at radius 2 is 1.96 bits per heavy atom. The van der Waals surface area contributed by atoms with Gasteiger partial charge in [0, 0.05) is 6.08 Å². The van der Waals surface area contributed by atoms with Gasteiger partial charge in [-0.2, -0.15) is 0 Å². The summed E-state index contributed by atoms with van der Waals surface area (Å²) in [5, 5.41) is 8.67. The molecular formula is C21H24O7. The Bertz CT molecular complexity index is 828. The fourth-order valence-corrected chi connectivity index (χ4v) is 2.95. The summed E-state index contributed by atoms with van der Waals surface area (Å²) in [5.41, 5.74) is -1.63. The van der Waals surface area contributed by atoms with Crippen LogP contribution < -0.4 is 0 Å². The molecule has 1 aliphatic carbocycles. The third-order valence-electron chi connectivity index (χ3n) is 4.94. The summed E-state index contributed by atoms with van der Waals surface area (Å²) in [7, 11) is 0. The SMILES string of the molecule is CCC(C)CC(C)OC(=O)C1(C)C(=O)C=C2C=C(C=CC(=O)O)OC=C2C1=O. The first-order valence-electron chi connectivity index (χ1n) is 9.11. The second-order valence-corrected chi connectivity index (χ2v) is 7.25. The first-order chi connectivity index (χ1) is 13.1. The molecule has 28 heavy (non-hydrogen) atoms. The standard InChI is InChI=1S/C21H24O7/c1-5-12(2)8-13(3)28-20(26)21(4)17(22)10-14-9-15(6-7-18(23)24)27-11-16(14)19(21)25/h6-7,9-13H,5,8H2,1-4H3,(H,23,24). The third-order valence-corrected chi connectivity index (χ3v) is 4.94. The molecule has 0 radical (unpaired) electrons. The Morgan fingerprint density at radius 3 is 2.57 bits per heavy atom. The van der Waals surface area contributed by atoms with E-state index in [0.29, 0.717) is 12.3 Å². The van der Waals surface area contributed by atoms with Crippen molar-refractivity contribution in [2.45, 2.75) is 46.6 Å². The number of aliphatic carboxylic acids is 1. The highest BCUT2D eigenvalue weighted by molar-refractivity contribution is 6.33. The minimum atomic E-state index is -1.97. The molecule has 7 nitrogen and oxygen atoms in total. The number of Topliss-reactive ketones (excluding diaryl/α,β-unsaturated/α-hetero) is 1. The first-order valence-corrected chi connectivity index (χ1v) is 9.11. The highest BCUT2D eigenvalue weighted by Crippen LogP contribution is 2.37. The molecule has 0 fully saturated rings. The average Bonchev–Trinajstić information content (AvgIpc) is 2.63. The topological polar surface area (TPSA) is 107 Å². The van der Waals surface area contributed by atoms with Crippen LogP contribution >= 0.6 is 0 Å². The molecule has 3 unspecified atom stereocenters. The number of carbonyl (C=O) groups is 4. The van der Waals surface area contributed by atoms with Gasteiger partial charge in [-0.05, 0) is 50.0 Å². The lowest BCUT2D eigenvalue weighted by molar-refractivity contribution is -0.165. The lowest BCUT2D eigenvalue weighted by atomic mass is 9.71. The van der Waals surface area contributed by atoms with Crippen LogP contribution in [0.3, 0.4) is 0 Å². The second kappa shape index (κ2) is 8.37. The zero-order valence-electron chi connectivity index (χ0n) is 16.4. The normalized spacial score (nSPS) is 23.8. The van der Waals surface area contributed by atoms with Gasteiger partial charge in [0.25, 0.3) is 0 Å². The molecule has 0 saturated heterocycles. The molecule has 0 amide bonds. The highest BCUT2D eigenvalue weighted by atomic mass is 16.5. The maximum absolute atomic E-state index is 12.9. The Balaban J connectivity index is 2.25. The Labute approximate surface area is 163 Å². The summed E-state index contributed by atoms with van der Waals surface area (Å²) < 4.78 is 10.7. The van der Waals surface area contributed by atoms with Crippen LogP contribution in [0.5, 0.6) is 0 Å². The van der Waals surface area contributed by atoms with Crippen LogP contribution in [0.1, 0.15) is 40.5 Å². The van der Waals surface area contributed by atoms with E-state index >= 15 is 0 Å². The van der Waals surface area contributed by atoms with Crippen molar-refractivity contribution in [1.82, 2.24) is 0 Å². The van der Waals surface area contributed by atoms with E-state index in [-0.39, 0.29) is 16.9 Å². The van der Waals surface area contributed by atoms with Crippen molar-refractivity contribution in [3.8, 4) is 0 Å². The molecule has 1 N–H and O–H groups in total. The van der Waals surface area contributed by atoms with Gasteiger partial charge in [-0.1, -0.05) is 20.3 Å². The highest BCUT2D eigenvalue weighted by Gasteiger charge is 2.53. The summed E-state index contributed by atoms with van der Waals surface area (Å²) in [6.07, 6.45) is 6.90. The van der Waals surface area contributed by atoms with Crippen molar-refractivity contribution in [2.75, 3.05) is 0 Å². The molecule has 0 bridgehead atoms. The summed E-state index contributed by atoms with van der Waals surface area (Å²) >= 11 is 0. The number of allylic oxidation sites excluding steroid dienone is 5. The number of carbonyl (C=O) groups excluding carboxylic acids is 3. The number of carboxylic acid groups (broad SMARTS) is 1. The van der Waals surface area contributed by atoms with Crippen LogP contribution in [0.15, 0.2) is 47.5 Å². The third kappa shape index (κ3) is 4.30.